The summed E-state index contributed by atoms with van der Waals surface area (Å²) in [4.78, 5) is 4.02. The number of halogens is 3. The monoisotopic (exact) mass is 277 g/mol. The maximum Gasteiger partial charge on any atom is 0.416 e. The molecule has 2 rings (SSSR count). The molecule has 0 saturated carbocycles. The lowest BCUT2D eigenvalue weighted by Crippen LogP contribution is -2.06. The minimum atomic E-state index is -4.32. The number of benzene rings is 1. The molecule has 1 aromatic heterocycles. The lowest BCUT2D eigenvalue weighted by molar-refractivity contribution is -0.137. The van der Waals surface area contributed by atoms with Crippen LogP contribution in [0, 0.1) is 11.3 Å². The molecule has 20 heavy (non-hydrogen) atoms. The molecular formula is C14H10F3N3. The summed E-state index contributed by atoms with van der Waals surface area (Å²) in [5.41, 5.74) is 0.489. The smallest absolute Gasteiger partial charge is 0.366 e. The van der Waals surface area contributed by atoms with Gasteiger partial charge in [0, 0.05) is 12.7 Å². The van der Waals surface area contributed by atoms with E-state index in [2.05, 4.69) is 10.3 Å². The van der Waals surface area contributed by atoms with Crippen LogP contribution in [0.15, 0.2) is 42.6 Å². The van der Waals surface area contributed by atoms with Gasteiger partial charge in [0.25, 0.3) is 0 Å². The van der Waals surface area contributed by atoms with Gasteiger partial charge in [-0.2, -0.15) is 18.4 Å². The first-order valence-electron chi connectivity index (χ1n) is 5.75. The number of pyridine rings is 1. The van der Waals surface area contributed by atoms with Gasteiger partial charge in [0.15, 0.2) is 0 Å². The second-order valence-electron chi connectivity index (χ2n) is 4.09. The molecule has 6 heteroatoms. The van der Waals surface area contributed by atoms with Gasteiger partial charge in [-0.3, -0.25) is 0 Å². The third kappa shape index (κ3) is 3.48. The van der Waals surface area contributed by atoms with Crippen LogP contribution < -0.4 is 5.32 Å². The summed E-state index contributed by atoms with van der Waals surface area (Å²) < 4.78 is 37.2. The summed E-state index contributed by atoms with van der Waals surface area (Å²) in [5, 5.41) is 11.7. The third-order valence-corrected chi connectivity index (χ3v) is 2.64. The van der Waals surface area contributed by atoms with Crippen LogP contribution >= 0.6 is 0 Å². The lowest BCUT2D eigenvalue weighted by Gasteiger charge is -2.09. The molecule has 0 aliphatic carbocycles. The van der Waals surface area contributed by atoms with E-state index in [1.54, 1.807) is 12.1 Å². The zero-order valence-corrected chi connectivity index (χ0v) is 10.3. The van der Waals surface area contributed by atoms with Gasteiger partial charge in [0.1, 0.15) is 5.82 Å². The van der Waals surface area contributed by atoms with E-state index in [0.29, 0.717) is 23.5 Å². The standard InChI is InChI=1S/C14H10F3N3/c15-14(16,17)12-3-1-10(2-4-12)9-20-13-7-11(8-18)5-6-19-13/h1-7H,9H2,(H,19,20). The summed E-state index contributed by atoms with van der Waals surface area (Å²) >= 11 is 0. The Morgan fingerprint density at radius 1 is 1.15 bits per heavy atom. The molecule has 102 valence electrons. The topological polar surface area (TPSA) is 48.7 Å². The minimum absolute atomic E-state index is 0.333. The highest BCUT2D eigenvalue weighted by Crippen LogP contribution is 2.29. The molecule has 1 aromatic carbocycles. The van der Waals surface area contributed by atoms with Crippen molar-refractivity contribution < 1.29 is 13.2 Å². The summed E-state index contributed by atoms with van der Waals surface area (Å²) in [5.74, 6) is 0.504. The summed E-state index contributed by atoms with van der Waals surface area (Å²) in [6.45, 7) is 0.333. The zero-order chi connectivity index (χ0) is 14.6. The lowest BCUT2D eigenvalue weighted by atomic mass is 10.1. The number of hydrogen-bond acceptors (Lipinski definition) is 3. The van der Waals surface area contributed by atoms with Crippen molar-refractivity contribution in [2.45, 2.75) is 12.7 Å². The van der Waals surface area contributed by atoms with Gasteiger partial charge in [0.2, 0.25) is 0 Å². The van der Waals surface area contributed by atoms with Crippen LogP contribution in [-0.4, -0.2) is 4.98 Å². The maximum absolute atomic E-state index is 12.4. The van der Waals surface area contributed by atoms with Crippen molar-refractivity contribution in [3.05, 3.63) is 59.3 Å². The molecule has 0 aliphatic heterocycles. The van der Waals surface area contributed by atoms with Gasteiger partial charge >= 0.3 is 6.18 Å². The van der Waals surface area contributed by atoms with E-state index >= 15 is 0 Å². The first-order chi connectivity index (χ1) is 9.49. The molecule has 0 unspecified atom stereocenters. The molecule has 1 heterocycles. The first-order valence-corrected chi connectivity index (χ1v) is 5.75. The van der Waals surface area contributed by atoms with E-state index < -0.39 is 11.7 Å². The Balaban J connectivity index is 2.02. The first kappa shape index (κ1) is 13.9. The fraction of sp³-hybridized carbons (Fsp3) is 0.143. The molecule has 1 N–H and O–H groups in total. The summed E-state index contributed by atoms with van der Waals surface area (Å²) in [7, 11) is 0. The number of nitrogens with one attached hydrogen (secondary N) is 1. The number of nitrogens with zero attached hydrogens (tertiary/aromatic N) is 2. The highest BCUT2D eigenvalue weighted by atomic mass is 19.4. The number of nitriles is 1. The zero-order valence-electron chi connectivity index (χ0n) is 10.3. The SMILES string of the molecule is N#Cc1ccnc(NCc2ccc(C(F)(F)F)cc2)c1. The Labute approximate surface area is 113 Å². The molecule has 0 aliphatic rings. The molecule has 0 radical (unpaired) electrons. The summed E-state index contributed by atoms with van der Waals surface area (Å²) in [6, 6.07) is 10.0. The molecule has 0 atom stereocenters. The van der Waals surface area contributed by atoms with Gasteiger partial charge in [-0.25, -0.2) is 4.98 Å². The average molecular weight is 277 g/mol. The highest BCUT2D eigenvalue weighted by molar-refractivity contribution is 5.43. The van der Waals surface area contributed by atoms with Gasteiger partial charge in [-0.15, -0.1) is 0 Å². The maximum atomic E-state index is 12.4. The Morgan fingerprint density at radius 2 is 1.85 bits per heavy atom. The van der Waals surface area contributed by atoms with Crippen molar-refractivity contribution >= 4 is 5.82 Å². The van der Waals surface area contributed by atoms with Crippen LogP contribution in [0.3, 0.4) is 0 Å². The predicted molar refractivity (Wildman–Crippen MR) is 67.7 cm³/mol. The van der Waals surface area contributed by atoms with E-state index in [-0.39, 0.29) is 0 Å². The van der Waals surface area contributed by atoms with Crippen LogP contribution in [0.25, 0.3) is 0 Å². The molecule has 0 spiro atoms. The minimum Gasteiger partial charge on any atom is -0.366 e. The van der Waals surface area contributed by atoms with Gasteiger partial charge in [0.05, 0.1) is 17.2 Å². The number of hydrogen-bond donors (Lipinski definition) is 1. The van der Waals surface area contributed by atoms with Crippen LogP contribution in [0.5, 0.6) is 0 Å². The fourth-order valence-corrected chi connectivity index (χ4v) is 1.60. The van der Waals surface area contributed by atoms with E-state index in [1.165, 1.54) is 18.3 Å². The normalized spacial score (nSPS) is 10.9. The average Bonchev–Trinajstić information content (AvgIpc) is 2.45. The van der Waals surface area contributed by atoms with E-state index in [0.717, 1.165) is 12.1 Å². The molecule has 3 nitrogen and oxygen atoms in total. The Morgan fingerprint density at radius 3 is 2.45 bits per heavy atom. The number of rotatable bonds is 3. The van der Waals surface area contributed by atoms with Crippen LogP contribution in [-0.2, 0) is 12.7 Å². The third-order valence-electron chi connectivity index (χ3n) is 2.64. The van der Waals surface area contributed by atoms with E-state index in [4.69, 9.17) is 5.26 Å². The highest BCUT2D eigenvalue weighted by Gasteiger charge is 2.29. The molecule has 0 bridgehead atoms. The van der Waals surface area contributed by atoms with Gasteiger partial charge in [-0.1, -0.05) is 12.1 Å². The molecular weight excluding hydrogens is 267 g/mol. The second kappa shape index (κ2) is 5.61. The number of anilines is 1. The van der Waals surface area contributed by atoms with E-state index in [1.807, 2.05) is 6.07 Å². The van der Waals surface area contributed by atoms with Crippen molar-refractivity contribution in [3.63, 3.8) is 0 Å². The number of alkyl halides is 3. The molecule has 0 fully saturated rings. The Hall–Kier alpha value is -2.55. The van der Waals surface area contributed by atoms with Crippen LogP contribution in [0.2, 0.25) is 0 Å². The molecule has 0 saturated heterocycles. The van der Waals surface area contributed by atoms with E-state index in [9.17, 15) is 13.2 Å². The van der Waals surface area contributed by atoms with Crippen LogP contribution in [0.4, 0.5) is 19.0 Å². The predicted octanol–water partition coefficient (Wildman–Crippen LogP) is 3.58. The van der Waals surface area contributed by atoms with Crippen LogP contribution in [0.1, 0.15) is 16.7 Å². The van der Waals surface area contributed by atoms with Gasteiger partial charge in [-0.05, 0) is 29.8 Å². The van der Waals surface area contributed by atoms with Crippen molar-refractivity contribution in [1.82, 2.24) is 4.98 Å². The Bertz CT molecular complexity index is 627. The fourth-order valence-electron chi connectivity index (χ4n) is 1.60. The van der Waals surface area contributed by atoms with Crippen molar-refractivity contribution in [2.24, 2.45) is 0 Å². The second-order valence-corrected chi connectivity index (χ2v) is 4.09. The largest absolute Gasteiger partial charge is 0.416 e. The van der Waals surface area contributed by atoms with Crippen molar-refractivity contribution in [1.29, 1.82) is 5.26 Å². The van der Waals surface area contributed by atoms with Crippen molar-refractivity contribution in [2.75, 3.05) is 5.32 Å². The van der Waals surface area contributed by atoms with Gasteiger partial charge < -0.3 is 5.32 Å². The summed E-state index contributed by atoms with van der Waals surface area (Å²) in [6.07, 6.45) is -2.83. The Kier molecular flexibility index (Phi) is 3.89. The molecule has 0 amide bonds. The quantitative estimate of drug-likeness (QED) is 0.932. The van der Waals surface area contributed by atoms with Crippen molar-refractivity contribution in [3.8, 4) is 6.07 Å². The number of aromatic nitrogens is 1. The molecule has 2 aromatic rings.